The summed E-state index contributed by atoms with van der Waals surface area (Å²) in [6.07, 6.45) is 0. The monoisotopic (exact) mass is 454 g/mol. The van der Waals surface area contributed by atoms with Gasteiger partial charge in [0.2, 0.25) is 5.91 Å². The number of nitrogens with zero attached hydrogens (tertiary/aromatic N) is 1. The molecule has 33 heavy (non-hydrogen) atoms. The number of hydrogen-bond donors (Lipinski definition) is 1. The number of furan rings is 1. The number of alkyl halides is 2. The Morgan fingerprint density at radius 1 is 1.06 bits per heavy atom. The number of rotatable bonds is 8. The molecule has 1 aromatic heterocycles. The van der Waals surface area contributed by atoms with Gasteiger partial charge in [0.1, 0.15) is 22.7 Å². The Morgan fingerprint density at radius 2 is 1.79 bits per heavy atom. The van der Waals surface area contributed by atoms with Crippen molar-refractivity contribution < 1.29 is 27.5 Å². The van der Waals surface area contributed by atoms with E-state index in [1.54, 1.807) is 32.2 Å². The molecule has 1 heterocycles. The van der Waals surface area contributed by atoms with E-state index in [1.165, 1.54) is 12.1 Å². The number of fused-ring (bicyclic) bond motifs is 3. The highest BCUT2D eigenvalue weighted by molar-refractivity contribution is 6.08. The zero-order valence-corrected chi connectivity index (χ0v) is 18.5. The first-order valence-electron chi connectivity index (χ1n) is 10.4. The van der Waals surface area contributed by atoms with Gasteiger partial charge in [0.05, 0.1) is 18.8 Å². The van der Waals surface area contributed by atoms with E-state index in [1.807, 2.05) is 42.3 Å². The maximum atomic E-state index is 13.0. The van der Waals surface area contributed by atoms with E-state index in [2.05, 4.69) is 10.1 Å². The highest BCUT2D eigenvalue weighted by Crippen LogP contribution is 2.36. The SMILES string of the molecule is COc1cc2c(cc1NC(=O)[C@@H](C)N(C)Cc1ccc(OC(F)F)cc1)oc1ccccc12. The minimum Gasteiger partial charge on any atom is -0.495 e. The second kappa shape index (κ2) is 9.46. The van der Waals surface area contributed by atoms with Crippen molar-refractivity contribution in [2.75, 3.05) is 19.5 Å². The smallest absolute Gasteiger partial charge is 0.387 e. The van der Waals surface area contributed by atoms with Crippen molar-refractivity contribution in [2.24, 2.45) is 0 Å². The third-order valence-corrected chi connectivity index (χ3v) is 5.58. The fraction of sp³-hybridized carbons (Fsp3) is 0.240. The summed E-state index contributed by atoms with van der Waals surface area (Å²) in [5, 5.41) is 4.81. The average Bonchev–Trinajstić information content (AvgIpc) is 3.16. The number of nitrogens with one attached hydrogen (secondary N) is 1. The van der Waals surface area contributed by atoms with Crippen molar-refractivity contribution in [3.05, 3.63) is 66.2 Å². The van der Waals surface area contributed by atoms with Crippen LogP contribution in [0.4, 0.5) is 14.5 Å². The van der Waals surface area contributed by atoms with Crippen molar-refractivity contribution in [1.29, 1.82) is 0 Å². The Labute approximate surface area is 189 Å². The number of benzene rings is 3. The van der Waals surface area contributed by atoms with Crippen molar-refractivity contribution in [2.45, 2.75) is 26.1 Å². The highest BCUT2D eigenvalue weighted by atomic mass is 19.3. The summed E-state index contributed by atoms with van der Waals surface area (Å²) in [6.45, 7) is -0.628. The lowest BCUT2D eigenvalue weighted by Gasteiger charge is -2.24. The third kappa shape index (κ3) is 4.90. The minimum atomic E-state index is -2.86. The van der Waals surface area contributed by atoms with Crippen LogP contribution in [0.15, 0.2) is 65.1 Å². The first kappa shape index (κ1) is 22.5. The predicted octanol–water partition coefficient (Wildman–Crippen LogP) is 5.66. The molecule has 6 nitrogen and oxygen atoms in total. The summed E-state index contributed by atoms with van der Waals surface area (Å²) in [5.41, 5.74) is 2.79. The van der Waals surface area contributed by atoms with E-state index in [0.29, 0.717) is 23.6 Å². The van der Waals surface area contributed by atoms with E-state index < -0.39 is 12.7 Å². The lowest BCUT2D eigenvalue weighted by molar-refractivity contribution is -0.120. The fourth-order valence-electron chi connectivity index (χ4n) is 3.66. The topological polar surface area (TPSA) is 63.9 Å². The van der Waals surface area contributed by atoms with Crippen molar-refractivity contribution in [3.63, 3.8) is 0 Å². The molecule has 0 fully saturated rings. The molecule has 1 atom stereocenters. The second-order valence-electron chi connectivity index (χ2n) is 7.75. The maximum absolute atomic E-state index is 13.0. The van der Waals surface area contributed by atoms with E-state index in [-0.39, 0.29) is 11.7 Å². The number of para-hydroxylation sites is 1. The number of ether oxygens (including phenoxy) is 2. The van der Waals surface area contributed by atoms with Gasteiger partial charge in [-0.25, -0.2) is 0 Å². The standard InChI is InChI=1S/C25H24F2N2O4/c1-15(29(2)14-16-8-10-17(11-9-16)32-25(26)27)24(30)28-20-13-22-19(12-23(20)31-3)18-6-4-5-7-21(18)33-22/h4-13,15,25H,14H2,1-3H3,(H,28,30)/t15-/m1/s1. The third-order valence-electron chi connectivity index (χ3n) is 5.58. The Balaban J connectivity index is 1.48. The van der Waals surface area contributed by atoms with Crippen LogP contribution in [0.1, 0.15) is 12.5 Å². The molecule has 3 aromatic carbocycles. The molecule has 0 saturated carbocycles. The van der Waals surface area contributed by atoms with Crippen LogP contribution in [0.25, 0.3) is 21.9 Å². The van der Waals surface area contributed by atoms with Gasteiger partial charge in [-0.3, -0.25) is 9.69 Å². The van der Waals surface area contributed by atoms with Gasteiger partial charge in [-0.2, -0.15) is 8.78 Å². The van der Waals surface area contributed by atoms with Gasteiger partial charge in [0, 0.05) is 23.4 Å². The highest BCUT2D eigenvalue weighted by Gasteiger charge is 2.21. The van der Waals surface area contributed by atoms with Crippen molar-refractivity contribution >= 4 is 33.5 Å². The Hall–Kier alpha value is -3.65. The Bertz CT molecular complexity index is 1270. The molecule has 0 aliphatic carbocycles. The fourth-order valence-corrected chi connectivity index (χ4v) is 3.66. The van der Waals surface area contributed by atoms with E-state index in [0.717, 1.165) is 21.9 Å². The summed E-state index contributed by atoms with van der Waals surface area (Å²) in [4.78, 5) is 14.8. The number of hydrogen-bond acceptors (Lipinski definition) is 5. The number of methoxy groups -OCH3 is 1. The molecule has 172 valence electrons. The van der Waals surface area contributed by atoms with E-state index >= 15 is 0 Å². The molecule has 1 amide bonds. The van der Waals surface area contributed by atoms with Crippen molar-refractivity contribution in [3.8, 4) is 11.5 Å². The van der Waals surface area contributed by atoms with Crippen LogP contribution < -0.4 is 14.8 Å². The molecule has 0 unspecified atom stereocenters. The van der Waals surface area contributed by atoms with E-state index in [9.17, 15) is 13.6 Å². The van der Waals surface area contributed by atoms with Crippen LogP contribution in [-0.2, 0) is 11.3 Å². The van der Waals surface area contributed by atoms with Gasteiger partial charge in [0.15, 0.2) is 0 Å². The molecule has 4 rings (SSSR count). The molecule has 8 heteroatoms. The number of anilines is 1. The quantitative estimate of drug-likeness (QED) is 0.373. The van der Waals surface area contributed by atoms with Crippen LogP contribution in [0.5, 0.6) is 11.5 Å². The molecule has 0 radical (unpaired) electrons. The zero-order chi connectivity index (χ0) is 23.5. The number of halogens is 2. The molecule has 0 spiro atoms. The average molecular weight is 454 g/mol. The van der Waals surface area contributed by atoms with E-state index in [4.69, 9.17) is 9.15 Å². The Morgan fingerprint density at radius 3 is 2.48 bits per heavy atom. The van der Waals surface area contributed by atoms with Gasteiger partial charge in [-0.15, -0.1) is 0 Å². The van der Waals surface area contributed by atoms with Crippen LogP contribution >= 0.6 is 0 Å². The minimum absolute atomic E-state index is 0.0928. The van der Waals surface area contributed by atoms with Gasteiger partial charge in [-0.05, 0) is 43.8 Å². The number of likely N-dealkylation sites (N-methyl/N-ethyl adjacent to an activating group) is 1. The summed E-state index contributed by atoms with van der Waals surface area (Å²) in [6, 6.07) is 17.2. The van der Waals surface area contributed by atoms with Crippen molar-refractivity contribution in [1.82, 2.24) is 4.90 Å². The van der Waals surface area contributed by atoms with Crippen LogP contribution in [0.2, 0.25) is 0 Å². The Kier molecular flexibility index (Phi) is 6.46. The van der Waals surface area contributed by atoms with Gasteiger partial charge in [-0.1, -0.05) is 30.3 Å². The zero-order valence-electron chi connectivity index (χ0n) is 18.5. The molecular weight excluding hydrogens is 430 g/mol. The molecule has 4 aromatic rings. The molecule has 1 N–H and O–H groups in total. The largest absolute Gasteiger partial charge is 0.495 e. The second-order valence-corrected chi connectivity index (χ2v) is 7.75. The molecular formula is C25H24F2N2O4. The van der Waals surface area contributed by atoms with Gasteiger partial charge < -0.3 is 19.2 Å². The lowest BCUT2D eigenvalue weighted by atomic mass is 10.1. The van der Waals surface area contributed by atoms with Gasteiger partial charge in [0.25, 0.3) is 0 Å². The normalized spacial score (nSPS) is 12.5. The number of carbonyl (C=O) groups excluding carboxylic acids is 1. The van der Waals surface area contributed by atoms with Crippen LogP contribution in [-0.4, -0.2) is 37.6 Å². The summed E-state index contributed by atoms with van der Waals surface area (Å²) in [5.74, 6) is 0.408. The summed E-state index contributed by atoms with van der Waals surface area (Å²) < 4.78 is 40.4. The van der Waals surface area contributed by atoms with Crippen LogP contribution in [0.3, 0.4) is 0 Å². The first-order chi connectivity index (χ1) is 15.9. The molecule has 0 saturated heterocycles. The first-order valence-corrected chi connectivity index (χ1v) is 10.4. The molecule has 0 bridgehead atoms. The van der Waals surface area contributed by atoms with Gasteiger partial charge >= 0.3 is 6.61 Å². The molecule has 0 aliphatic rings. The summed E-state index contributed by atoms with van der Waals surface area (Å²) in [7, 11) is 3.36. The maximum Gasteiger partial charge on any atom is 0.387 e. The number of carbonyl (C=O) groups is 1. The predicted molar refractivity (Wildman–Crippen MR) is 123 cm³/mol. The molecule has 0 aliphatic heterocycles. The number of amides is 1. The summed E-state index contributed by atoms with van der Waals surface area (Å²) >= 11 is 0. The van der Waals surface area contributed by atoms with Crippen LogP contribution in [0, 0.1) is 0 Å². The lowest BCUT2D eigenvalue weighted by Crippen LogP contribution is -2.39.